The third kappa shape index (κ3) is 8.85. The summed E-state index contributed by atoms with van der Waals surface area (Å²) in [5, 5.41) is 4.16. The highest BCUT2D eigenvalue weighted by Crippen LogP contribution is 2.23. The number of halogens is 2. The van der Waals surface area contributed by atoms with Gasteiger partial charge in [0.25, 0.3) is 5.91 Å². The minimum absolute atomic E-state index is 0.169. The molecular weight excluding hydrogens is 533 g/mol. The number of hydrogen-bond acceptors (Lipinski definition) is 5. The van der Waals surface area contributed by atoms with Crippen molar-refractivity contribution in [2.45, 2.75) is 13.2 Å². The van der Waals surface area contributed by atoms with E-state index in [1.165, 1.54) is 0 Å². The van der Waals surface area contributed by atoms with E-state index in [0.29, 0.717) is 35.2 Å². The Morgan fingerprint density at radius 1 is 0.667 bits per heavy atom. The number of nitrogens with one attached hydrogen (secondary N) is 1. The average molecular weight is 558 g/mol. The zero-order valence-corrected chi connectivity index (χ0v) is 22.3. The number of benzene rings is 3. The molecule has 0 unspecified atom stereocenters. The summed E-state index contributed by atoms with van der Waals surface area (Å²) in [6.45, 7) is 0.755. The average Bonchev–Trinajstić information content (AvgIpc) is 2.99. The predicted molar refractivity (Wildman–Crippen MR) is 154 cm³/mol. The molecule has 0 saturated carbocycles. The van der Waals surface area contributed by atoms with E-state index in [2.05, 4.69) is 15.3 Å². The monoisotopic (exact) mass is 557 g/mol. The van der Waals surface area contributed by atoms with Crippen LogP contribution < -0.4 is 14.8 Å². The van der Waals surface area contributed by atoms with Gasteiger partial charge in [0.05, 0.1) is 12.4 Å². The molecule has 1 amide bonds. The van der Waals surface area contributed by atoms with E-state index < -0.39 is 0 Å². The number of pyridine rings is 2. The third-order valence-corrected chi connectivity index (χ3v) is 6.09. The van der Waals surface area contributed by atoms with Crippen molar-refractivity contribution in [3.63, 3.8) is 0 Å². The van der Waals surface area contributed by atoms with Gasteiger partial charge in [-0.1, -0.05) is 59.6 Å². The van der Waals surface area contributed by atoms with Crippen LogP contribution in [0.1, 0.15) is 21.5 Å². The molecule has 0 fully saturated rings. The van der Waals surface area contributed by atoms with Gasteiger partial charge in [-0.2, -0.15) is 0 Å². The molecule has 6 nitrogen and oxygen atoms in total. The highest BCUT2D eigenvalue weighted by molar-refractivity contribution is 6.31. The number of amides is 1. The second kappa shape index (κ2) is 14.5. The standard InChI is InChI=1S/C19H15ClN2O2.C12H10ClNO/c20-18-9-8-16(22-19(23)14-5-2-1-3-6-14)11-15(18)13-24-17-7-4-10-21-12-17;13-12-6-2-1-4-10(12)9-15-11-5-3-7-14-8-11/h1-12H,13H2,(H,22,23);1-8H,9H2. The summed E-state index contributed by atoms with van der Waals surface area (Å²) in [4.78, 5) is 20.2. The van der Waals surface area contributed by atoms with Gasteiger partial charge >= 0.3 is 0 Å². The van der Waals surface area contributed by atoms with Crippen LogP contribution in [0, 0.1) is 0 Å². The zero-order valence-electron chi connectivity index (χ0n) is 20.8. The Hall–Kier alpha value is -4.39. The van der Waals surface area contributed by atoms with Crippen LogP contribution >= 0.6 is 23.2 Å². The summed E-state index contributed by atoms with van der Waals surface area (Å²) in [6, 6.07) is 29.3. The van der Waals surface area contributed by atoms with Crippen LogP contribution in [0.5, 0.6) is 11.5 Å². The van der Waals surface area contributed by atoms with E-state index in [-0.39, 0.29) is 5.91 Å². The molecule has 2 aromatic heterocycles. The zero-order chi connectivity index (χ0) is 27.3. The van der Waals surface area contributed by atoms with E-state index >= 15 is 0 Å². The van der Waals surface area contributed by atoms with E-state index in [9.17, 15) is 4.79 Å². The largest absolute Gasteiger partial charge is 0.487 e. The van der Waals surface area contributed by atoms with Crippen LogP contribution in [0.3, 0.4) is 0 Å². The van der Waals surface area contributed by atoms with Crippen LogP contribution in [0.25, 0.3) is 0 Å². The lowest BCUT2D eigenvalue weighted by molar-refractivity contribution is 0.102. The normalized spacial score (nSPS) is 10.1. The Balaban J connectivity index is 0.000000202. The molecule has 0 bridgehead atoms. The molecule has 2 heterocycles. The molecule has 0 aliphatic rings. The van der Waals surface area contributed by atoms with Crippen LogP contribution in [-0.2, 0) is 13.2 Å². The molecule has 0 aliphatic heterocycles. The summed E-state index contributed by atoms with van der Waals surface area (Å²) >= 11 is 12.2. The van der Waals surface area contributed by atoms with Gasteiger partial charge in [-0.25, -0.2) is 0 Å². The van der Waals surface area contributed by atoms with Gasteiger partial charge < -0.3 is 14.8 Å². The van der Waals surface area contributed by atoms with Crippen molar-refractivity contribution in [3.8, 4) is 11.5 Å². The molecular formula is C31H25Cl2N3O3. The first-order chi connectivity index (χ1) is 19.1. The van der Waals surface area contributed by atoms with Crippen molar-refractivity contribution in [2.75, 3.05) is 5.32 Å². The van der Waals surface area contributed by atoms with Gasteiger partial charge in [0, 0.05) is 44.8 Å². The molecule has 5 aromatic rings. The second-order valence-electron chi connectivity index (χ2n) is 8.17. The smallest absolute Gasteiger partial charge is 0.255 e. The Morgan fingerprint density at radius 2 is 1.26 bits per heavy atom. The van der Waals surface area contributed by atoms with Crippen molar-refractivity contribution in [1.82, 2.24) is 9.97 Å². The molecule has 3 aromatic carbocycles. The van der Waals surface area contributed by atoms with Crippen molar-refractivity contribution in [3.05, 3.63) is 149 Å². The topological polar surface area (TPSA) is 73.3 Å². The summed E-state index contributed by atoms with van der Waals surface area (Å²) in [6.07, 6.45) is 6.70. The lowest BCUT2D eigenvalue weighted by Crippen LogP contribution is -2.12. The molecule has 0 aliphatic carbocycles. The number of carbonyl (C=O) groups excluding carboxylic acids is 1. The molecule has 0 radical (unpaired) electrons. The molecule has 0 atom stereocenters. The fourth-order valence-corrected chi connectivity index (χ4v) is 3.72. The fourth-order valence-electron chi connectivity index (χ4n) is 3.36. The van der Waals surface area contributed by atoms with Gasteiger partial charge in [0.2, 0.25) is 0 Å². The summed E-state index contributed by atoms with van der Waals surface area (Å²) in [7, 11) is 0. The van der Waals surface area contributed by atoms with Gasteiger partial charge in [-0.05, 0) is 60.7 Å². The lowest BCUT2D eigenvalue weighted by atomic mass is 10.2. The molecule has 39 heavy (non-hydrogen) atoms. The number of carbonyl (C=O) groups is 1. The molecule has 0 saturated heterocycles. The van der Waals surface area contributed by atoms with Crippen molar-refractivity contribution in [1.29, 1.82) is 0 Å². The predicted octanol–water partition coefficient (Wildman–Crippen LogP) is 7.88. The molecule has 1 N–H and O–H groups in total. The number of hydrogen-bond donors (Lipinski definition) is 1. The van der Waals surface area contributed by atoms with Crippen LogP contribution in [-0.4, -0.2) is 15.9 Å². The molecule has 5 rings (SSSR count). The highest BCUT2D eigenvalue weighted by atomic mass is 35.5. The first kappa shape index (κ1) is 27.6. The minimum atomic E-state index is -0.169. The van der Waals surface area contributed by atoms with Gasteiger partial charge in [-0.15, -0.1) is 0 Å². The Kier molecular flexibility index (Phi) is 10.3. The Morgan fingerprint density at radius 3 is 1.87 bits per heavy atom. The first-order valence-electron chi connectivity index (χ1n) is 12.0. The van der Waals surface area contributed by atoms with E-state index in [1.807, 2.05) is 60.7 Å². The minimum Gasteiger partial charge on any atom is -0.487 e. The number of rotatable bonds is 8. The van der Waals surface area contributed by atoms with Crippen molar-refractivity contribution < 1.29 is 14.3 Å². The fraction of sp³-hybridized carbons (Fsp3) is 0.0645. The van der Waals surface area contributed by atoms with E-state index in [4.69, 9.17) is 32.7 Å². The lowest BCUT2D eigenvalue weighted by Gasteiger charge is -2.10. The number of nitrogens with zero attached hydrogens (tertiary/aromatic N) is 2. The quantitative estimate of drug-likeness (QED) is 0.210. The third-order valence-electron chi connectivity index (χ3n) is 5.35. The number of anilines is 1. The summed E-state index contributed by atoms with van der Waals surface area (Å²) in [5.74, 6) is 1.24. The maximum atomic E-state index is 12.2. The second-order valence-corrected chi connectivity index (χ2v) is 8.99. The van der Waals surface area contributed by atoms with Gasteiger partial charge in [0.1, 0.15) is 24.7 Å². The van der Waals surface area contributed by atoms with Crippen molar-refractivity contribution >= 4 is 34.8 Å². The summed E-state index contributed by atoms with van der Waals surface area (Å²) in [5.41, 5.74) is 3.02. The maximum absolute atomic E-state index is 12.2. The number of aromatic nitrogens is 2. The van der Waals surface area contributed by atoms with Crippen molar-refractivity contribution in [2.24, 2.45) is 0 Å². The van der Waals surface area contributed by atoms with Crippen LogP contribution in [0.2, 0.25) is 10.0 Å². The summed E-state index contributed by atoms with van der Waals surface area (Å²) < 4.78 is 11.2. The first-order valence-corrected chi connectivity index (χ1v) is 12.8. The number of ether oxygens (including phenoxy) is 2. The van der Waals surface area contributed by atoms with Crippen LogP contribution in [0.15, 0.2) is 122 Å². The highest BCUT2D eigenvalue weighted by Gasteiger charge is 2.08. The molecule has 0 spiro atoms. The Labute approximate surface area is 237 Å². The van der Waals surface area contributed by atoms with Gasteiger partial charge in [0.15, 0.2) is 0 Å². The molecule has 8 heteroatoms. The SMILES string of the molecule is Clc1ccccc1COc1cccnc1.O=C(Nc1ccc(Cl)c(COc2cccnc2)c1)c1ccccc1. The maximum Gasteiger partial charge on any atom is 0.255 e. The van der Waals surface area contributed by atoms with Crippen LogP contribution in [0.4, 0.5) is 5.69 Å². The van der Waals surface area contributed by atoms with E-state index in [0.717, 1.165) is 21.9 Å². The van der Waals surface area contributed by atoms with E-state index in [1.54, 1.807) is 61.2 Å². The Bertz CT molecular complexity index is 1470. The van der Waals surface area contributed by atoms with Gasteiger partial charge in [-0.3, -0.25) is 14.8 Å². The molecule has 196 valence electrons.